The molecule has 130 valence electrons. The molecule has 1 aromatic heterocycles. The molecule has 0 unspecified atom stereocenters. The number of aryl methyl sites for hydroxylation is 1. The molecule has 0 saturated carbocycles. The lowest BCUT2D eigenvalue weighted by Gasteiger charge is -2.27. The van der Waals surface area contributed by atoms with Crippen molar-refractivity contribution in [3.63, 3.8) is 0 Å². The summed E-state index contributed by atoms with van der Waals surface area (Å²) in [5, 5.41) is 1.74. The molecular formula is C22H21N2O2+. The Bertz CT molecular complexity index is 916. The second-order valence-electron chi connectivity index (χ2n) is 6.65. The van der Waals surface area contributed by atoms with Crippen LogP contribution in [0.2, 0.25) is 0 Å². The lowest BCUT2D eigenvalue weighted by atomic mass is 9.94. The molecule has 2 aromatic carbocycles. The highest BCUT2D eigenvalue weighted by molar-refractivity contribution is 6.25. The van der Waals surface area contributed by atoms with E-state index >= 15 is 0 Å². The Hall–Kier alpha value is -3.01. The second-order valence-corrected chi connectivity index (χ2v) is 6.65. The number of imide groups is 1. The van der Waals surface area contributed by atoms with Crippen LogP contribution in [0, 0.1) is 0 Å². The van der Waals surface area contributed by atoms with Gasteiger partial charge in [0, 0.05) is 41.6 Å². The quantitative estimate of drug-likeness (QED) is 0.389. The molecule has 4 heteroatoms. The molecule has 0 saturated heterocycles. The topological polar surface area (TPSA) is 41.3 Å². The summed E-state index contributed by atoms with van der Waals surface area (Å²) in [6, 6.07) is 17.3. The minimum absolute atomic E-state index is 0.170. The Morgan fingerprint density at radius 1 is 0.731 bits per heavy atom. The molecule has 0 aliphatic carbocycles. The van der Waals surface area contributed by atoms with Gasteiger partial charge in [0.15, 0.2) is 12.4 Å². The van der Waals surface area contributed by atoms with Gasteiger partial charge in [-0.05, 0) is 30.4 Å². The first-order valence-electron chi connectivity index (χ1n) is 9.08. The first-order chi connectivity index (χ1) is 12.8. The number of carbonyl (C=O) groups is 2. The van der Waals surface area contributed by atoms with Crippen molar-refractivity contribution >= 4 is 22.6 Å². The van der Waals surface area contributed by atoms with Gasteiger partial charge in [0.2, 0.25) is 0 Å². The predicted molar refractivity (Wildman–Crippen MR) is 99.8 cm³/mol. The molecular weight excluding hydrogens is 324 g/mol. The lowest BCUT2D eigenvalue weighted by Crippen LogP contribution is -2.41. The molecule has 0 bridgehead atoms. The van der Waals surface area contributed by atoms with Gasteiger partial charge in [-0.1, -0.05) is 30.3 Å². The number of hydrogen-bond acceptors (Lipinski definition) is 2. The fourth-order valence-electron chi connectivity index (χ4n) is 3.61. The van der Waals surface area contributed by atoms with Gasteiger partial charge in [-0.15, -0.1) is 0 Å². The number of amides is 2. The summed E-state index contributed by atoms with van der Waals surface area (Å²) in [6.07, 6.45) is 6.93. The SMILES string of the molecule is O=C1c2cccc3cccc(c23)C(=O)N1CCCCC[n+]1ccccc1. The molecule has 0 spiro atoms. The van der Waals surface area contributed by atoms with Crippen molar-refractivity contribution in [1.29, 1.82) is 0 Å². The van der Waals surface area contributed by atoms with E-state index < -0.39 is 0 Å². The summed E-state index contributed by atoms with van der Waals surface area (Å²) in [5.41, 5.74) is 1.27. The number of unbranched alkanes of at least 4 members (excludes halogenated alkanes) is 2. The van der Waals surface area contributed by atoms with Crippen molar-refractivity contribution in [1.82, 2.24) is 4.90 Å². The van der Waals surface area contributed by atoms with Gasteiger partial charge in [0.25, 0.3) is 11.8 Å². The third-order valence-corrected chi connectivity index (χ3v) is 4.93. The molecule has 0 radical (unpaired) electrons. The Kier molecular flexibility index (Phi) is 4.48. The van der Waals surface area contributed by atoms with Crippen LogP contribution in [0.3, 0.4) is 0 Å². The van der Waals surface area contributed by atoms with Crippen LogP contribution < -0.4 is 4.57 Å². The third-order valence-electron chi connectivity index (χ3n) is 4.93. The number of rotatable bonds is 6. The van der Waals surface area contributed by atoms with Crippen LogP contribution in [0.15, 0.2) is 67.0 Å². The van der Waals surface area contributed by atoms with Crippen LogP contribution in [0.25, 0.3) is 10.8 Å². The van der Waals surface area contributed by atoms with E-state index in [1.54, 1.807) is 0 Å². The number of aromatic nitrogens is 1. The van der Waals surface area contributed by atoms with Gasteiger partial charge >= 0.3 is 0 Å². The standard InChI is InChI=1S/C22H21N2O2/c25-21-18-11-7-9-17-10-8-12-19(20(17)18)22(26)24(21)16-6-2-5-15-23-13-3-1-4-14-23/h1,3-4,7-14H,2,5-6,15-16H2/q+1. The van der Waals surface area contributed by atoms with Crippen LogP contribution >= 0.6 is 0 Å². The number of benzene rings is 2. The van der Waals surface area contributed by atoms with Gasteiger partial charge in [0.1, 0.15) is 6.54 Å². The summed E-state index contributed by atoms with van der Waals surface area (Å²) in [6.45, 7) is 1.42. The van der Waals surface area contributed by atoms with E-state index in [-0.39, 0.29) is 11.8 Å². The van der Waals surface area contributed by atoms with Crippen LogP contribution in [0.1, 0.15) is 40.0 Å². The fraction of sp³-hybridized carbons (Fsp3) is 0.227. The van der Waals surface area contributed by atoms with Crippen molar-refractivity contribution in [3.05, 3.63) is 78.1 Å². The van der Waals surface area contributed by atoms with Gasteiger partial charge in [-0.2, -0.15) is 0 Å². The van der Waals surface area contributed by atoms with Crippen LogP contribution in [0.5, 0.6) is 0 Å². The van der Waals surface area contributed by atoms with E-state index in [1.165, 1.54) is 4.90 Å². The number of carbonyl (C=O) groups excluding carboxylic acids is 2. The summed E-state index contributed by atoms with van der Waals surface area (Å²) in [5.74, 6) is -0.339. The zero-order valence-corrected chi connectivity index (χ0v) is 14.6. The normalized spacial score (nSPS) is 13.5. The van der Waals surface area contributed by atoms with E-state index in [2.05, 4.69) is 17.0 Å². The molecule has 3 aromatic rings. The minimum Gasteiger partial charge on any atom is -0.274 e. The van der Waals surface area contributed by atoms with E-state index in [0.29, 0.717) is 17.7 Å². The maximum atomic E-state index is 12.8. The highest BCUT2D eigenvalue weighted by atomic mass is 16.2. The summed E-state index contributed by atoms with van der Waals surface area (Å²) in [7, 11) is 0. The molecule has 2 heterocycles. The van der Waals surface area contributed by atoms with Crippen molar-refractivity contribution < 1.29 is 14.2 Å². The number of pyridine rings is 1. The van der Waals surface area contributed by atoms with Crippen molar-refractivity contribution in [2.75, 3.05) is 6.54 Å². The maximum absolute atomic E-state index is 12.8. The van der Waals surface area contributed by atoms with Gasteiger partial charge in [-0.25, -0.2) is 4.57 Å². The minimum atomic E-state index is -0.170. The first kappa shape index (κ1) is 16.5. The van der Waals surface area contributed by atoms with E-state index in [9.17, 15) is 9.59 Å². The molecule has 2 amide bonds. The molecule has 4 nitrogen and oxygen atoms in total. The highest BCUT2D eigenvalue weighted by Crippen LogP contribution is 2.30. The zero-order chi connectivity index (χ0) is 17.9. The molecule has 0 N–H and O–H groups in total. The molecule has 1 aliphatic rings. The highest BCUT2D eigenvalue weighted by Gasteiger charge is 2.31. The maximum Gasteiger partial charge on any atom is 0.261 e. The Morgan fingerprint density at radius 3 is 2.04 bits per heavy atom. The van der Waals surface area contributed by atoms with Crippen molar-refractivity contribution in [3.8, 4) is 0 Å². The van der Waals surface area contributed by atoms with Crippen LogP contribution in [-0.4, -0.2) is 23.3 Å². The molecule has 0 atom stereocenters. The van der Waals surface area contributed by atoms with E-state index in [1.807, 2.05) is 54.6 Å². The van der Waals surface area contributed by atoms with Gasteiger partial charge in [0.05, 0.1) is 0 Å². The predicted octanol–water partition coefficient (Wildman–Crippen LogP) is 3.59. The number of nitrogens with zero attached hydrogens (tertiary/aromatic N) is 2. The summed E-state index contributed by atoms with van der Waals surface area (Å²) < 4.78 is 2.15. The molecule has 1 aliphatic heterocycles. The Labute approximate surface area is 152 Å². The van der Waals surface area contributed by atoms with E-state index in [4.69, 9.17) is 0 Å². The lowest BCUT2D eigenvalue weighted by molar-refractivity contribution is -0.697. The second kappa shape index (κ2) is 7.08. The van der Waals surface area contributed by atoms with Gasteiger partial charge < -0.3 is 0 Å². The summed E-state index contributed by atoms with van der Waals surface area (Å²) in [4.78, 5) is 27.0. The van der Waals surface area contributed by atoms with Crippen LogP contribution in [0.4, 0.5) is 0 Å². The third kappa shape index (κ3) is 2.99. The number of hydrogen-bond donors (Lipinski definition) is 0. The Morgan fingerprint density at radius 2 is 1.38 bits per heavy atom. The van der Waals surface area contributed by atoms with Gasteiger partial charge in [-0.3, -0.25) is 14.5 Å². The average Bonchev–Trinajstić information content (AvgIpc) is 2.69. The largest absolute Gasteiger partial charge is 0.274 e. The monoisotopic (exact) mass is 345 g/mol. The van der Waals surface area contributed by atoms with Crippen molar-refractivity contribution in [2.45, 2.75) is 25.8 Å². The smallest absolute Gasteiger partial charge is 0.261 e. The van der Waals surface area contributed by atoms with Crippen LogP contribution in [-0.2, 0) is 6.54 Å². The summed E-state index contributed by atoms with van der Waals surface area (Å²) >= 11 is 0. The molecule has 4 rings (SSSR count). The van der Waals surface area contributed by atoms with Crippen molar-refractivity contribution in [2.24, 2.45) is 0 Å². The molecule has 0 fully saturated rings. The fourth-order valence-corrected chi connectivity index (χ4v) is 3.61. The average molecular weight is 345 g/mol. The Balaban J connectivity index is 1.42. The van der Waals surface area contributed by atoms with E-state index in [0.717, 1.165) is 36.6 Å². The zero-order valence-electron chi connectivity index (χ0n) is 14.6. The first-order valence-corrected chi connectivity index (χ1v) is 9.08. The molecule has 26 heavy (non-hydrogen) atoms.